The first-order valence-electron chi connectivity index (χ1n) is 6.96. The number of nitrogens with two attached hydrogens (primary N) is 1. The summed E-state index contributed by atoms with van der Waals surface area (Å²) in [5.41, 5.74) is 7.14. The molecule has 0 saturated heterocycles. The Morgan fingerprint density at radius 2 is 2.11 bits per heavy atom. The lowest BCUT2D eigenvalue weighted by Crippen LogP contribution is -2.21. The molecule has 0 aliphatic carbocycles. The summed E-state index contributed by atoms with van der Waals surface area (Å²) in [7, 11) is 0. The van der Waals surface area contributed by atoms with Crippen molar-refractivity contribution in [3.63, 3.8) is 0 Å². The van der Waals surface area contributed by atoms with Gasteiger partial charge in [0.05, 0.1) is 6.61 Å². The minimum Gasteiger partial charge on any atom is -0.493 e. The van der Waals surface area contributed by atoms with Crippen molar-refractivity contribution in [2.24, 2.45) is 5.73 Å². The number of benzene rings is 1. The van der Waals surface area contributed by atoms with Crippen LogP contribution in [0.3, 0.4) is 0 Å². The molecule has 0 amide bonds. The lowest BCUT2D eigenvalue weighted by atomic mass is 10.0. The molecule has 2 N–H and O–H groups in total. The van der Waals surface area contributed by atoms with Crippen LogP contribution < -0.4 is 15.2 Å². The summed E-state index contributed by atoms with van der Waals surface area (Å²) in [6.07, 6.45) is 4.50. The maximum atomic E-state index is 6.01. The number of rotatable bonds is 9. The van der Waals surface area contributed by atoms with Gasteiger partial charge in [-0.2, -0.15) is 0 Å². The van der Waals surface area contributed by atoms with E-state index in [1.165, 1.54) is 0 Å². The zero-order valence-electron chi connectivity index (χ0n) is 12.0. The smallest absolute Gasteiger partial charge is 0.126 e. The van der Waals surface area contributed by atoms with Crippen molar-refractivity contribution in [2.45, 2.75) is 39.2 Å². The molecule has 1 atom stereocenters. The van der Waals surface area contributed by atoms with Gasteiger partial charge in [-0.3, -0.25) is 0 Å². The van der Waals surface area contributed by atoms with E-state index in [0.717, 1.165) is 36.3 Å². The van der Waals surface area contributed by atoms with Gasteiger partial charge >= 0.3 is 0 Å². The Balaban J connectivity index is 2.84. The number of ether oxygens (including phenoxy) is 2. The van der Waals surface area contributed by atoms with Crippen molar-refractivity contribution in [2.75, 3.05) is 13.2 Å². The SMILES string of the molecule is C=CCOc1cc(OCCC)ccc1CC(N)CC. The van der Waals surface area contributed by atoms with Gasteiger partial charge in [-0.1, -0.05) is 32.6 Å². The molecule has 106 valence electrons. The molecule has 0 spiro atoms. The van der Waals surface area contributed by atoms with E-state index in [2.05, 4.69) is 20.4 Å². The Morgan fingerprint density at radius 3 is 2.74 bits per heavy atom. The van der Waals surface area contributed by atoms with Crippen LogP contribution in [0.4, 0.5) is 0 Å². The first-order chi connectivity index (χ1) is 9.21. The summed E-state index contributed by atoms with van der Waals surface area (Å²) < 4.78 is 11.3. The van der Waals surface area contributed by atoms with Crippen molar-refractivity contribution in [3.05, 3.63) is 36.4 Å². The van der Waals surface area contributed by atoms with Crippen molar-refractivity contribution in [3.8, 4) is 11.5 Å². The second-order valence-corrected chi connectivity index (χ2v) is 4.59. The fraction of sp³-hybridized carbons (Fsp3) is 0.500. The van der Waals surface area contributed by atoms with Crippen LogP contribution in [0.2, 0.25) is 0 Å². The zero-order valence-corrected chi connectivity index (χ0v) is 12.0. The highest BCUT2D eigenvalue weighted by atomic mass is 16.5. The second-order valence-electron chi connectivity index (χ2n) is 4.59. The molecule has 1 rings (SSSR count). The Kier molecular flexibility index (Phi) is 7.04. The topological polar surface area (TPSA) is 44.5 Å². The largest absolute Gasteiger partial charge is 0.493 e. The maximum absolute atomic E-state index is 6.01. The summed E-state index contributed by atoms with van der Waals surface area (Å²) in [4.78, 5) is 0. The molecule has 3 heteroatoms. The molecule has 1 aromatic rings. The summed E-state index contributed by atoms with van der Waals surface area (Å²) >= 11 is 0. The Hall–Kier alpha value is -1.48. The van der Waals surface area contributed by atoms with E-state index in [9.17, 15) is 0 Å². The minimum absolute atomic E-state index is 0.161. The number of hydrogen-bond donors (Lipinski definition) is 1. The van der Waals surface area contributed by atoms with E-state index in [1.807, 2.05) is 18.2 Å². The Labute approximate surface area is 116 Å². The van der Waals surface area contributed by atoms with Crippen molar-refractivity contribution >= 4 is 0 Å². The molecule has 0 radical (unpaired) electrons. The van der Waals surface area contributed by atoms with Gasteiger partial charge in [0.25, 0.3) is 0 Å². The van der Waals surface area contributed by atoms with Crippen molar-refractivity contribution in [1.29, 1.82) is 0 Å². The molecule has 0 aromatic heterocycles. The van der Waals surface area contributed by atoms with Crippen LogP contribution in [-0.2, 0) is 6.42 Å². The molecule has 0 aliphatic heterocycles. The van der Waals surface area contributed by atoms with E-state index < -0.39 is 0 Å². The molecular formula is C16H25NO2. The Morgan fingerprint density at radius 1 is 1.32 bits per heavy atom. The van der Waals surface area contributed by atoms with Crippen LogP contribution in [0.5, 0.6) is 11.5 Å². The normalized spacial score (nSPS) is 11.9. The third-order valence-corrected chi connectivity index (χ3v) is 2.87. The fourth-order valence-electron chi connectivity index (χ4n) is 1.72. The highest BCUT2D eigenvalue weighted by Crippen LogP contribution is 2.26. The van der Waals surface area contributed by atoms with E-state index in [-0.39, 0.29) is 6.04 Å². The third kappa shape index (κ3) is 5.35. The average Bonchev–Trinajstić information content (AvgIpc) is 2.44. The molecule has 19 heavy (non-hydrogen) atoms. The van der Waals surface area contributed by atoms with Crippen LogP contribution in [0.25, 0.3) is 0 Å². The van der Waals surface area contributed by atoms with Crippen molar-refractivity contribution < 1.29 is 9.47 Å². The van der Waals surface area contributed by atoms with Gasteiger partial charge < -0.3 is 15.2 Å². The lowest BCUT2D eigenvalue weighted by molar-refractivity contribution is 0.311. The second kappa shape index (κ2) is 8.59. The molecule has 0 heterocycles. The van der Waals surface area contributed by atoms with Gasteiger partial charge in [-0.25, -0.2) is 0 Å². The van der Waals surface area contributed by atoms with E-state index in [1.54, 1.807) is 6.08 Å². The molecule has 0 bridgehead atoms. The maximum Gasteiger partial charge on any atom is 0.126 e. The van der Waals surface area contributed by atoms with Crippen LogP contribution in [-0.4, -0.2) is 19.3 Å². The van der Waals surface area contributed by atoms with E-state index in [4.69, 9.17) is 15.2 Å². The zero-order chi connectivity index (χ0) is 14.1. The van der Waals surface area contributed by atoms with Gasteiger partial charge in [-0.05, 0) is 30.9 Å². The first kappa shape index (κ1) is 15.6. The molecule has 0 saturated carbocycles. The summed E-state index contributed by atoms with van der Waals surface area (Å²) in [6, 6.07) is 6.12. The van der Waals surface area contributed by atoms with Gasteiger partial charge in [0, 0.05) is 12.1 Å². The molecule has 1 aromatic carbocycles. The number of hydrogen-bond acceptors (Lipinski definition) is 3. The monoisotopic (exact) mass is 263 g/mol. The summed E-state index contributed by atoms with van der Waals surface area (Å²) in [5, 5.41) is 0. The van der Waals surface area contributed by atoms with Crippen LogP contribution in [0.1, 0.15) is 32.3 Å². The van der Waals surface area contributed by atoms with Gasteiger partial charge in [0.2, 0.25) is 0 Å². The van der Waals surface area contributed by atoms with Gasteiger partial charge in [0.15, 0.2) is 0 Å². The van der Waals surface area contributed by atoms with Crippen LogP contribution >= 0.6 is 0 Å². The predicted molar refractivity (Wildman–Crippen MR) is 79.9 cm³/mol. The Bertz CT molecular complexity index is 390. The lowest BCUT2D eigenvalue weighted by Gasteiger charge is -2.15. The predicted octanol–water partition coefficient (Wildman–Crippen LogP) is 3.32. The van der Waals surface area contributed by atoms with Crippen molar-refractivity contribution in [1.82, 2.24) is 0 Å². The highest BCUT2D eigenvalue weighted by Gasteiger charge is 2.09. The summed E-state index contributed by atoms with van der Waals surface area (Å²) in [6.45, 7) is 9.06. The highest BCUT2D eigenvalue weighted by molar-refractivity contribution is 5.41. The van der Waals surface area contributed by atoms with Gasteiger partial charge in [-0.15, -0.1) is 0 Å². The quantitative estimate of drug-likeness (QED) is 0.695. The summed E-state index contributed by atoms with van der Waals surface area (Å²) in [5.74, 6) is 1.69. The molecule has 0 fully saturated rings. The van der Waals surface area contributed by atoms with Crippen LogP contribution in [0.15, 0.2) is 30.9 Å². The molecular weight excluding hydrogens is 238 g/mol. The molecule has 1 unspecified atom stereocenters. The average molecular weight is 263 g/mol. The first-order valence-corrected chi connectivity index (χ1v) is 6.96. The minimum atomic E-state index is 0.161. The molecule has 0 aliphatic rings. The molecule has 3 nitrogen and oxygen atoms in total. The fourth-order valence-corrected chi connectivity index (χ4v) is 1.72. The van der Waals surface area contributed by atoms with E-state index >= 15 is 0 Å². The van der Waals surface area contributed by atoms with E-state index in [0.29, 0.717) is 13.2 Å². The third-order valence-electron chi connectivity index (χ3n) is 2.87. The standard InChI is InChI=1S/C16H25NO2/c1-4-9-18-15-8-7-13(11-14(17)6-3)16(12-15)19-10-5-2/h5,7-8,12,14H,2,4,6,9-11,17H2,1,3H3. The van der Waals surface area contributed by atoms with Gasteiger partial charge in [0.1, 0.15) is 18.1 Å². The van der Waals surface area contributed by atoms with Crippen LogP contribution in [0, 0.1) is 0 Å².